The fourth-order valence-electron chi connectivity index (χ4n) is 2.52. The zero-order valence-electron chi connectivity index (χ0n) is 13.4. The van der Waals surface area contributed by atoms with Crippen LogP contribution < -0.4 is 0 Å². The molecule has 3 nitrogen and oxygen atoms in total. The second kappa shape index (κ2) is 6.67. The number of nitrogens with zero attached hydrogens (tertiary/aromatic N) is 1. The van der Waals surface area contributed by atoms with Crippen molar-refractivity contribution < 1.29 is 9.84 Å². The summed E-state index contributed by atoms with van der Waals surface area (Å²) in [5, 5.41) is 9.99. The molecule has 1 aliphatic heterocycles. The molecule has 0 saturated heterocycles. The Hall–Kier alpha value is -1.94. The summed E-state index contributed by atoms with van der Waals surface area (Å²) in [6.07, 6.45) is 0. The minimum atomic E-state index is -0.360. The van der Waals surface area contributed by atoms with Gasteiger partial charge in [-0.1, -0.05) is 42.5 Å². The van der Waals surface area contributed by atoms with Gasteiger partial charge in [-0.3, -0.25) is 0 Å². The molecular formula is C19H21NO2S. The van der Waals surface area contributed by atoms with E-state index in [1.807, 2.05) is 30.0 Å². The molecule has 0 spiro atoms. The number of phenols is 1. The number of phenolic OH excluding ortho intramolecular Hbond substituents is 1. The van der Waals surface area contributed by atoms with Crippen LogP contribution in [0.3, 0.4) is 0 Å². The first-order valence-corrected chi connectivity index (χ1v) is 8.88. The Balaban J connectivity index is 1.67. The average molecular weight is 327 g/mol. The lowest BCUT2D eigenvalue weighted by Crippen LogP contribution is -2.35. The maximum Gasteiger partial charge on any atom is 0.220 e. The van der Waals surface area contributed by atoms with Crippen molar-refractivity contribution >= 4 is 17.7 Å². The maximum absolute atomic E-state index is 9.99. The third kappa shape index (κ3) is 3.70. The zero-order chi connectivity index (χ0) is 16.3. The van der Waals surface area contributed by atoms with Crippen LogP contribution in [0, 0.1) is 0 Å². The van der Waals surface area contributed by atoms with Gasteiger partial charge in [0.1, 0.15) is 17.4 Å². The number of hydrogen-bond acceptors (Lipinski definition) is 4. The van der Waals surface area contributed by atoms with Crippen molar-refractivity contribution in [3.05, 3.63) is 65.7 Å². The van der Waals surface area contributed by atoms with Gasteiger partial charge in [-0.05, 0) is 31.5 Å². The van der Waals surface area contributed by atoms with Crippen LogP contribution in [0.2, 0.25) is 0 Å². The number of para-hydroxylation sites is 1. The normalized spacial score (nSPS) is 19.2. The van der Waals surface area contributed by atoms with E-state index in [2.05, 4.69) is 38.1 Å². The van der Waals surface area contributed by atoms with E-state index in [1.165, 1.54) is 5.56 Å². The number of hydrogen-bond donors (Lipinski definition) is 1. The molecule has 1 N–H and O–H groups in total. The third-order valence-electron chi connectivity index (χ3n) is 3.96. The summed E-state index contributed by atoms with van der Waals surface area (Å²) >= 11 is 1.86. The average Bonchev–Trinajstić information content (AvgIpc) is 2.84. The predicted molar refractivity (Wildman–Crippen MR) is 96.2 cm³/mol. The highest BCUT2D eigenvalue weighted by Crippen LogP contribution is 2.32. The van der Waals surface area contributed by atoms with Gasteiger partial charge >= 0.3 is 0 Å². The summed E-state index contributed by atoms with van der Waals surface area (Å²) in [7, 11) is 0. The molecule has 1 atom stereocenters. The molecule has 0 bridgehead atoms. The van der Waals surface area contributed by atoms with E-state index in [4.69, 9.17) is 9.73 Å². The van der Waals surface area contributed by atoms with Gasteiger partial charge in [0, 0.05) is 11.5 Å². The minimum Gasteiger partial charge on any atom is -0.507 e. The highest BCUT2D eigenvalue weighted by atomic mass is 32.2. The van der Waals surface area contributed by atoms with Crippen LogP contribution in [0.1, 0.15) is 25.0 Å². The molecule has 120 valence electrons. The Morgan fingerprint density at radius 3 is 2.52 bits per heavy atom. The topological polar surface area (TPSA) is 41.8 Å². The van der Waals surface area contributed by atoms with Crippen LogP contribution in [-0.2, 0) is 10.5 Å². The van der Waals surface area contributed by atoms with Crippen molar-refractivity contribution in [1.82, 2.24) is 0 Å². The van der Waals surface area contributed by atoms with Gasteiger partial charge in [-0.2, -0.15) is 11.8 Å². The van der Waals surface area contributed by atoms with E-state index in [1.54, 1.807) is 12.1 Å². The van der Waals surface area contributed by atoms with Crippen LogP contribution in [0.15, 0.2) is 59.6 Å². The fraction of sp³-hybridized carbons (Fsp3) is 0.316. The standard InChI is InChI=1S/C19H21NO2S/c1-19(2)17(13-23-12-14-8-4-3-5-9-14)20-18(22-19)15-10-6-7-11-16(15)21/h3-11,17,21H,12-13H2,1-2H3/t17-/m0/s1. The molecule has 2 aromatic carbocycles. The molecular weight excluding hydrogens is 306 g/mol. The molecule has 23 heavy (non-hydrogen) atoms. The second-order valence-electron chi connectivity index (χ2n) is 6.17. The number of ether oxygens (including phenoxy) is 1. The Kier molecular flexibility index (Phi) is 4.62. The Morgan fingerprint density at radius 1 is 1.09 bits per heavy atom. The van der Waals surface area contributed by atoms with Gasteiger partial charge in [0.25, 0.3) is 0 Å². The van der Waals surface area contributed by atoms with Gasteiger partial charge in [0.15, 0.2) is 0 Å². The van der Waals surface area contributed by atoms with Gasteiger partial charge in [-0.25, -0.2) is 4.99 Å². The van der Waals surface area contributed by atoms with Crippen molar-refractivity contribution in [1.29, 1.82) is 0 Å². The number of benzene rings is 2. The molecule has 3 rings (SSSR count). The number of thioether (sulfide) groups is 1. The van der Waals surface area contributed by atoms with Crippen molar-refractivity contribution in [3.63, 3.8) is 0 Å². The molecule has 0 unspecified atom stereocenters. The van der Waals surface area contributed by atoms with Gasteiger partial charge in [0.2, 0.25) is 5.90 Å². The molecule has 2 aromatic rings. The summed E-state index contributed by atoms with van der Waals surface area (Å²) in [5.41, 5.74) is 1.62. The van der Waals surface area contributed by atoms with Crippen molar-refractivity contribution in [2.24, 2.45) is 4.99 Å². The largest absolute Gasteiger partial charge is 0.507 e. The Bertz CT molecular complexity index is 698. The SMILES string of the molecule is CC1(C)OC(c2ccccc2O)=N[C@H]1CSCc1ccccc1. The van der Waals surface area contributed by atoms with Crippen LogP contribution in [0.4, 0.5) is 0 Å². The molecule has 0 aromatic heterocycles. The lowest BCUT2D eigenvalue weighted by atomic mass is 10.0. The molecule has 0 fully saturated rings. The minimum absolute atomic E-state index is 0.0748. The maximum atomic E-state index is 9.99. The Morgan fingerprint density at radius 2 is 1.78 bits per heavy atom. The molecule has 1 aliphatic rings. The fourth-order valence-corrected chi connectivity index (χ4v) is 3.77. The van der Waals surface area contributed by atoms with Crippen molar-refractivity contribution in [2.45, 2.75) is 31.2 Å². The summed E-state index contributed by atoms with van der Waals surface area (Å²) < 4.78 is 6.01. The van der Waals surface area contributed by atoms with E-state index in [0.717, 1.165) is 11.5 Å². The molecule has 4 heteroatoms. The first kappa shape index (κ1) is 15.9. The molecule has 0 saturated carbocycles. The van der Waals surface area contributed by atoms with E-state index in [-0.39, 0.29) is 17.4 Å². The number of aliphatic imine (C=N–C) groups is 1. The molecule has 0 aliphatic carbocycles. The van der Waals surface area contributed by atoms with Crippen LogP contribution in [-0.4, -0.2) is 28.4 Å². The van der Waals surface area contributed by atoms with Crippen LogP contribution >= 0.6 is 11.8 Å². The lowest BCUT2D eigenvalue weighted by Gasteiger charge is -2.24. The van der Waals surface area contributed by atoms with Crippen LogP contribution in [0.25, 0.3) is 0 Å². The van der Waals surface area contributed by atoms with Gasteiger partial charge < -0.3 is 9.84 Å². The highest BCUT2D eigenvalue weighted by Gasteiger charge is 2.39. The van der Waals surface area contributed by atoms with E-state index in [0.29, 0.717) is 11.5 Å². The van der Waals surface area contributed by atoms with E-state index in [9.17, 15) is 5.11 Å². The molecule has 0 amide bonds. The van der Waals surface area contributed by atoms with Gasteiger partial charge in [0.05, 0.1) is 5.56 Å². The predicted octanol–water partition coefficient (Wildman–Crippen LogP) is 4.25. The van der Waals surface area contributed by atoms with E-state index >= 15 is 0 Å². The highest BCUT2D eigenvalue weighted by molar-refractivity contribution is 7.98. The monoisotopic (exact) mass is 327 g/mol. The quantitative estimate of drug-likeness (QED) is 0.892. The number of rotatable bonds is 5. The summed E-state index contributed by atoms with van der Waals surface area (Å²) in [4.78, 5) is 4.72. The molecule has 1 heterocycles. The summed E-state index contributed by atoms with van der Waals surface area (Å²) in [6, 6.07) is 17.7. The van der Waals surface area contributed by atoms with Crippen molar-refractivity contribution in [2.75, 3.05) is 5.75 Å². The van der Waals surface area contributed by atoms with Gasteiger partial charge in [-0.15, -0.1) is 0 Å². The number of aromatic hydroxyl groups is 1. The Labute approximate surface area is 141 Å². The second-order valence-corrected chi connectivity index (χ2v) is 7.20. The first-order chi connectivity index (χ1) is 11.1. The third-order valence-corrected chi connectivity index (χ3v) is 5.05. The van der Waals surface area contributed by atoms with Crippen molar-refractivity contribution in [3.8, 4) is 5.75 Å². The summed E-state index contributed by atoms with van der Waals surface area (Å²) in [6.45, 7) is 4.11. The van der Waals surface area contributed by atoms with E-state index < -0.39 is 0 Å². The lowest BCUT2D eigenvalue weighted by molar-refractivity contribution is 0.104. The van der Waals surface area contributed by atoms with Crippen LogP contribution in [0.5, 0.6) is 5.75 Å². The summed E-state index contributed by atoms with van der Waals surface area (Å²) in [5.74, 6) is 2.60. The zero-order valence-corrected chi connectivity index (χ0v) is 14.2. The molecule has 0 radical (unpaired) electrons. The first-order valence-electron chi connectivity index (χ1n) is 7.73. The smallest absolute Gasteiger partial charge is 0.220 e.